The highest BCUT2D eigenvalue weighted by atomic mass is 16.4. The van der Waals surface area contributed by atoms with Crippen LogP contribution in [0.4, 0.5) is 5.82 Å². The molecule has 2 N–H and O–H groups in total. The van der Waals surface area contributed by atoms with Crippen molar-refractivity contribution in [3.05, 3.63) is 22.9 Å². The van der Waals surface area contributed by atoms with Crippen LogP contribution < -0.4 is 5.32 Å². The fraction of sp³-hybridized carbons (Fsp3) is 0.571. The molecule has 4 nitrogen and oxygen atoms in total. The normalized spacial score (nSPS) is 12.6. The lowest BCUT2D eigenvalue weighted by molar-refractivity contribution is 0.0697. The fourth-order valence-electron chi connectivity index (χ4n) is 1.73. The molecule has 0 aromatic carbocycles. The lowest BCUT2D eigenvalue weighted by Gasteiger charge is -2.18. The SMILES string of the molecule is Cc1cc(C)c(C(=O)O)c(NCC(C)C(C)C)n1. The van der Waals surface area contributed by atoms with Gasteiger partial charge in [0.25, 0.3) is 0 Å². The third-order valence-electron chi connectivity index (χ3n) is 3.29. The van der Waals surface area contributed by atoms with Gasteiger partial charge in [0.05, 0.1) is 0 Å². The second kappa shape index (κ2) is 5.85. The first kappa shape index (κ1) is 14.5. The highest BCUT2D eigenvalue weighted by Crippen LogP contribution is 2.20. The predicted molar refractivity (Wildman–Crippen MR) is 73.2 cm³/mol. The quantitative estimate of drug-likeness (QED) is 0.843. The first-order chi connectivity index (χ1) is 8.32. The number of aromatic carboxylic acids is 1. The van der Waals surface area contributed by atoms with Crippen LogP contribution in [0.5, 0.6) is 0 Å². The van der Waals surface area contributed by atoms with Crippen molar-refractivity contribution in [1.29, 1.82) is 0 Å². The molecule has 0 fully saturated rings. The van der Waals surface area contributed by atoms with Crippen molar-refractivity contribution in [3.63, 3.8) is 0 Å². The number of aromatic nitrogens is 1. The highest BCUT2D eigenvalue weighted by molar-refractivity contribution is 5.94. The van der Waals surface area contributed by atoms with Crippen molar-refractivity contribution >= 4 is 11.8 Å². The van der Waals surface area contributed by atoms with E-state index in [2.05, 4.69) is 31.1 Å². The molecule has 4 heteroatoms. The number of anilines is 1. The summed E-state index contributed by atoms with van der Waals surface area (Å²) in [6.07, 6.45) is 0. The van der Waals surface area contributed by atoms with Gasteiger partial charge in [0.1, 0.15) is 11.4 Å². The molecule has 0 radical (unpaired) electrons. The van der Waals surface area contributed by atoms with Gasteiger partial charge in [-0.1, -0.05) is 20.8 Å². The molecule has 1 atom stereocenters. The van der Waals surface area contributed by atoms with Gasteiger partial charge in [0.2, 0.25) is 0 Å². The Hall–Kier alpha value is -1.58. The Bertz CT molecular complexity index is 442. The van der Waals surface area contributed by atoms with E-state index in [0.29, 0.717) is 17.7 Å². The van der Waals surface area contributed by atoms with Crippen LogP contribution in [-0.4, -0.2) is 22.6 Å². The number of carboxylic acids is 1. The van der Waals surface area contributed by atoms with Gasteiger partial charge in [-0.25, -0.2) is 9.78 Å². The minimum Gasteiger partial charge on any atom is -0.478 e. The molecule has 1 heterocycles. The molecule has 1 aromatic heterocycles. The molecular formula is C14H22N2O2. The summed E-state index contributed by atoms with van der Waals surface area (Å²) in [6, 6.07) is 1.79. The summed E-state index contributed by atoms with van der Waals surface area (Å²) in [5.74, 6) is 0.568. The average molecular weight is 250 g/mol. The van der Waals surface area contributed by atoms with Gasteiger partial charge in [0.15, 0.2) is 0 Å². The third kappa shape index (κ3) is 3.45. The molecule has 18 heavy (non-hydrogen) atoms. The number of carbonyl (C=O) groups is 1. The zero-order chi connectivity index (χ0) is 13.9. The van der Waals surface area contributed by atoms with Crippen molar-refractivity contribution in [3.8, 4) is 0 Å². The number of pyridine rings is 1. The third-order valence-corrected chi connectivity index (χ3v) is 3.29. The number of nitrogens with one attached hydrogen (secondary N) is 1. The molecule has 0 spiro atoms. The van der Waals surface area contributed by atoms with E-state index in [1.54, 1.807) is 13.0 Å². The Morgan fingerprint density at radius 3 is 2.50 bits per heavy atom. The van der Waals surface area contributed by atoms with Crippen LogP contribution in [0.3, 0.4) is 0 Å². The smallest absolute Gasteiger partial charge is 0.339 e. The van der Waals surface area contributed by atoms with Gasteiger partial charge in [-0.15, -0.1) is 0 Å². The topological polar surface area (TPSA) is 62.2 Å². The molecule has 0 aliphatic carbocycles. The van der Waals surface area contributed by atoms with Crippen molar-refractivity contribution in [2.24, 2.45) is 11.8 Å². The molecule has 100 valence electrons. The molecule has 0 saturated heterocycles. The zero-order valence-corrected chi connectivity index (χ0v) is 11.7. The minimum absolute atomic E-state index is 0.275. The van der Waals surface area contributed by atoms with E-state index in [4.69, 9.17) is 0 Å². The van der Waals surface area contributed by atoms with E-state index >= 15 is 0 Å². The number of aryl methyl sites for hydroxylation is 2. The van der Waals surface area contributed by atoms with Crippen molar-refractivity contribution in [2.75, 3.05) is 11.9 Å². The lowest BCUT2D eigenvalue weighted by Crippen LogP contribution is -2.19. The number of nitrogens with zero attached hydrogens (tertiary/aromatic N) is 1. The van der Waals surface area contributed by atoms with Gasteiger partial charge in [-0.3, -0.25) is 0 Å². The van der Waals surface area contributed by atoms with Crippen molar-refractivity contribution < 1.29 is 9.90 Å². The van der Waals surface area contributed by atoms with E-state index in [1.165, 1.54) is 0 Å². The summed E-state index contributed by atoms with van der Waals surface area (Å²) in [6.45, 7) is 10.8. The van der Waals surface area contributed by atoms with E-state index in [0.717, 1.165) is 17.8 Å². The maximum Gasteiger partial charge on any atom is 0.339 e. The maximum atomic E-state index is 11.3. The molecule has 0 amide bonds. The molecule has 1 aromatic rings. The van der Waals surface area contributed by atoms with Crippen molar-refractivity contribution in [2.45, 2.75) is 34.6 Å². The van der Waals surface area contributed by atoms with Gasteiger partial charge in [-0.2, -0.15) is 0 Å². The van der Waals surface area contributed by atoms with Crippen LogP contribution in [0.1, 0.15) is 42.4 Å². The predicted octanol–water partition coefficient (Wildman–Crippen LogP) is 3.10. The monoisotopic (exact) mass is 250 g/mol. The van der Waals surface area contributed by atoms with Crippen LogP contribution in [0.25, 0.3) is 0 Å². The summed E-state index contributed by atoms with van der Waals surface area (Å²) >= 11 is 0. The molecule has 1 rings (SSSR count). The summed E-state index contributed by atoms with van der Waals surface area (Å²) in [7, 11) is 0. The Balaban J connectivity index is 2.97. The lowest BCUT2D eigenvalue weighted by atomic mass is 9.98. The van der Waals surface area contributed by atoms with Crippen LogP contribution in [0, 0.1) is 25.7 Å². The Morgan fingerprint density at radius 1 is 1.39 bits per heavy atom. The standard InChI is InChI=1S/C14H22N2O2/c1-8(2)10(4)7-15-13-12(14(17)18)9(3)6-11(5)16-13/h6,8,10H,7H2,1-5H3,(H,15,16)(H,17,18). The van der Waals surface area contributed by atoms with E-state index in [1.807, 2.05) is 6.92 Å². The molecule has 0 aliphatic heterocycles. The summed E-state index contributed by atoms with van der Waals surface area (Å²) in [4.78, 5) is 15.5. The van der Waals surface area contributed by atoms with Gasteiger partial charge in [0, 0.05) is 12.2 Å². The van der Waals surface area contributed by atoms with Crippen LogP contribution in [-0.2, 0) is 0 Å². The van der Waals surface area contributed by atoms with Crippen LogP contribution >= 0.6 is 0 Å². The fourth-order valence-corrected chi connectivity index (χ4v) is 1.73. The van der Waals surface area contributed by atoms with E-state index < -0.39 is 5.97 Å². The molecular weight excluding hydrogens is 228 g/mol. The van der Waals surface area contributed by atoms with E-state index in [-0.39, 0.29) is 5.56 Å². The van der Waals surface area contributed by atoms with Crippen molar-refractivity contribution in [1.82, 2.24) is 4.98 Å². The highest BCUT2D eigenvalue weighted by Gasteiger charge is 2.16. The average Bonchev–Trinajstić information content (AvgIpc) is 2.23. The second-order valence-electron chi connectivity index (χ2n) is 5.21. The second-order valence-corrected chi connectivity index (χ2v) is 5.21. The number of hydrogen-bond donors (Lipinski definition) is 2. The Kier molecular flexibility index (Phi) is 4.70. The van der Waals surface area contributed by atoms with Gasteiger partial charge >= 0.3 is 5.97 Å². The Labute approximate surface area is 108 Å². The largest absolute Gasteiger partial charge is 0.478 e. The summed E-state index contributed by atoms with van der Waals surface area (Å²) in [5, 5.41) is 12.4. The molecule has 0 saturated carbocycles. The molecule has 0 aliphatic rings. The minimum atomic E-state index is -0.931. The van der Waals surface area contributed by atoms with Crippen LogP contribution in [0.2, 0.25) is 0 Å². The van der Waals surface area contributed by atoms with Gasteiger partial charge < -0.3 is 10.4 Å². The summed E-state index contributed by atoms with van der Waals surface area (Å²) < 4.78 is 0. The maximum absolute atomic E-state index is 11.3. The zero-order valence-electron chi connectivity index (χ0n) is 11.7. The number of carboxylic acid groups (broad SMARTS) is 1. The Morgan fingerprint density at radius 2 is 2.00 bits per heavy atom. The summed E-state index contributed by atoms with van der Waals surface area (Å²) in [5.41, 5.74) is 1.85. The number of hydrogen-bond acceptors (Lipinski definition) is 3. The first-order valence-electron chi connectivity index (χ1n) is 6.28. The van der Waals surface area contributed by atoms with E-state index in [9.17, 15) is 9.90 Å². The van der Waals surface area contributed by atoms with Gasteiger partial charge in [-0.05, 0) is 37.3 Å². The molecule has 1 unspecified atom stereocenters. The molecule has 0 bridgehead atoms. The van der Waals surface area contributed by atoms with Crippen LogP contribution in [0.15, 0.2) is 6.07 Å². The first-order valence-corrected chi connectivity index (χ1v) is 6.28. The number of rotatable bonds is 5.